The first kappa shape index (κ1) is 17.1. The molecule has 1 N–H and O–H groups in total. The molecule has 0 spiro atoms. The van der Waals surface area contributed by atoms with Gasteiger partial charge < -0.3 is 5.32 Å². The molecule has 3 aromatic rings. The number of benzene rings is 3. The van der Waals surface area contributed by atoms with Crippen LogP contribution in [-0.4, -0.2) is 11.7 Å². The van der Waals surface area contributed by atoms with Crippen LogP contribution in [0.5, 0.6) is 0 Å². The van der Waals surface area contributed by atoms with Crippen LogP contribution in [0.3, 0.4) is 0 Å². The molecule has 0 aliphatic rings. The van der Waals surface area contributed by atoms with E-state index >= 15 is 0 Å². The van der Waals surface area contributed by atoms with Crippen LogP contribution >= 0.6 is 15.9 Å². The molecule has 0 atom stereocenters. The largest absolute Gasteiger partial charge is 0.321 e. The van der Waals surface area contributed by atoms with Gasteiger partial charge in [-0.2, -0.15) is 0 Å². The molecule has 4 heteroatoms. The number of rotatable bonds is 4. The molecule has 0 saturated heterocycles. The van der Waals surface area contributed by atoms with Crippen molar-refractivity contribution in [1.29, 1.82) is 0 Å². The molecule has 0 aliphatic heterocycles. The van der Waals surface area contributed by atoms with Gasteiger partial charge in [-0.15, -0.1) is 0 Å². The Labute approximate surface area is 154 Å². The Morgan fingerprint density at radius 1 is 0.840 bits per heavy atom. The van der Waals surface area contributed by atoms with Crippen molar-refractivity contribution < 1.29 is 9.59 Å². The number of anilines is 1. The average molecular weight is 394 g/mol. The minimum absolute atomic E-state index is 0.137. The smallest absolute Gasteiger partial charge is 0.255 e. The summed E-state index contributed by atoms with van der Waals surface area (Å²) in [5.74, 6) is -0.371. The topological polar surface area (TPSA) is 46.2 Å². The Kier molecular flexibility index (Phi) is 5.10. The fourth-order valence-electron chi connectivity index (χ4n) is 2.58. The summed E-state index contributed by atoms with van der Waals surface area (Å²) in [6.45, 7) is 1.88. The number of aryl methyl sites for hydroxylation is 1. The molecular weight excluding hydrogens is 378 g/mol. The third kappa shape index (κ3) is 3.86. The highest BCUT2D eigenvalue weighted by molar-refractivity contribution is 9.10. The van der Waals surface area contributed by atoms with Crippen LogP contribution in [0.15, 0.2) is 77.3 Å². The van der Waals surface area contributed by atoms with E-state index in [-0.39, 0.29) is 11.7 Å². The van der Waals surface area contributed by atoms with Gasteiger partial charge in [0.15, 0.2) is 5.78 Å². The molecule has 0 fully saturated rings. The van der Waals surface area contributed by atoms with Crippen LogP contribution in [0.4, 0.5) is 5.69 Å². The Morgan fingerprint density at radius 3 is 2.24 bits per heavy atom. The van der Waals surface area contributed by atoms with Crippen LogP contribution in [0.25, 0.3) is 0 Å². The minimum atomic E-state index is -0.234. The Morgan fingerprint density at radius 2 is 1.52 bits per heavy atom. The molecule has 124 valence electrons. The van der Waals surface area contributed by atoms with Gasteiger partial charge in [-0.1, -0.05) is 64.5 Å². The normalized spacial score (nSPS) is 10.3. The van der Waals surface area contributed by atoms with E-state index < -0.39 is 0 Å². The molecule has 3 rings (SSSR count). The number of hydrogen-bond donors (Lipinski definition) is 1. The second-order valence-electron chi connectivity index (χ2n) is 5.65. The van der Waals surface area contributed by atoms with Gasteiger partial charge >= 0.3 is 0 Å². The maximum absolute atomic E-state index is 12.8. The summed E-state index contributed by atoms with van der Waals surface area (Å²) in [5, 5.41) is 2.86. The fraction of sp³-hybridized carbons (Fsp3) is 0.0476. The predicted molar refractivity (Wildman–Crippen MR) is 103 cm³/mol. The Bertz CT molecular complexity index is 936. The quantitative estimate of drug-likeness (QED) is 0.615. The lowest BCUT2D eigenvalue weighted by atomic mass is 10.0. The molecular formula is C21H16BrNO2. The zero-order valence-corrected chi connectivity index (χ0v) is 15.2. The third-order valence-corrected chi connectivity index (χ3v) is 4.39. The number of amides is 1. The summed E-state index contributed by atoms with van der Waals surface area (Å²) in [7, 11) is 0. The van der Waals surface area contributed by atoms with Gasteiger partial charge in [0.2, 0.25) is 0 Å². The van der Waals surface area contributed by atoms with Crippen molar-refractivity contribution in [1.82, 2.24) is 0 Å². The van der Waals surface area contributed by atoms with Crippen molar-refractivity contribution in [2.24, 2.45) is 0 Å². The van der Waals surface area contributed by atoms with Crippen molar-refractivity contribution in [2.45, 2.75) is 6.92 Å². The van der Waals surface area contributed by atoms with Crippen LogP contribution in [0, 0.1) is 6.92 Å². The second kappa shape index (κ2) is 7.45. The third-order valence-electron chi connectivity index (χ3n) is 3.90. The molecule has 3 aromatic carbocycles. The van der Waals surface area contributed by atoms with Crippen LogP contribution < -0.4 is 5.32 Å². The monoisotopic (exact) mass is 393 g/mol. The van der Waals surface area contributed by atoms with E-state index in [2.05, 4.69) is 21.2 Å². The zero-order chi connectivity index (χ0) is 17.8. The summed E-state index contributed by atoms with van der Waals surface area (Å²) in [4.78, 5) is 25.4. The Balaban J connectivity index is 1.96. The summed E-state index contributed by atoms with van der Waals surface area (Å²) in [6, 6.07) is 21.6. The van der Waals surface area contributed by atoms with Crippen LogP contribution in [-0.2, 0) is 0 Å². The first-order valence-corrected chi connectivity index (χ1v) is 8.62. The highest BCUT2D eigenvalue weighted by Crippen LogP contribution is 2.25. The highest BCUT2D eigenvalue weighted by Gasteiger charge is 2.17. The van der Waals surface area contributed by atoms with E-state index in [9.17, 15) is 9.59 Å². The maximum Gasteiger partial charge on any atom is 0.255 e. The average Bonchev–Trinajstić information content (AvgIpc) is 2.63. The van der Waals surface area contributed by atoms with E-state index in [1.807, 2.05) is 43.3 Å². The van der Waals surface area contributed by atoms with E-state index in [0.717, 1.165) is 10.0 Å². The molecule has 3 nitrogen and oxygen atoms in total. The molecule has 0 bridgehead atoms. The van der Waals surface area contributed by atoms with Gasteiger partial charge in [0.25, 0.3) is 5.91 Å². The van der Waals surface area contributed by atoms with Gasteiger partial charge in [-0.25, -0.2) is 0 Å². The summed E-state index contributed by atoms with van der Waals surface area (Å²) in [6.07, 6.45) is 0. The van der Waals surface area contributed by atoms with Gasteiger partial charge in [0, 0.05) is 21.2 Å². The number of halogens is 1. The van der Waals surface area contributed by atoms with Crippen molar-refractivity contribution >= 4 is 33.3 Å². The molecule has 25 heavy (non-hydrogen) atoms. The second-order valence-corrected chi connectivity index (χ2v) is 6.57. The minimum Gasteiger partial charge on any atom is -0.321 e. The molecule has 0 radical (unpaired) electrons. The maximum atomic E-state index is 12.8. The standard InChI is InChI=1S/C21H16BrNO2/c1-14-7-5-6-10-17(14)21(25)23-19-12-11-16(22)13-18(19)20(24)15-8-3-2-4-9-15/h2-13H,1H3,(H,23,25). The fourth-order valence-corrected chi connectivity index (χ4v) is 2.94. The van der Waals surface area contributed by atoms with Crippen molar-refractivity contribution in [2.75, 3.05) is 5.32 Å². The molecule has 0 heterocycles. The first-order valence-electron chi connectivity index (χ1n) is 7.82. The lowest BCUT2D eigenvalue weighted by Crippen LogP contribution is -2.16. The molecule has 0 aromatic heterocycles. The van der Waals surface area contributed by atoms with Crippen molar-refractivity contribution in [3.8, 4) is 0 Å². The van der Waals surface area contributed by atoms with Crippen LogP contribution in [0.2, 0.25) is 0 Å². The van der Waals surface area contributed by atoms with E-state index in [1.165, 1.54) is 0 Å². The lowest BCUT2D eigenvalue weighted by molar-refractivity contribution is 0.102. The molecule has 0 aliphatic carbocycles. The molecule has 0 unspecified atom stereocenters. The molecule has 0 saturated carbocycles. The van der Waals surface area contributed by atoms with Gasteiger partial charge in [-0.3, -0.25) is 9.59 Å². The van der Waals surface area contributed by atoms with Gasteiger partial charge in [0.1, 0.15) is 0 Å². The summed E-state index contributed by atoms with van der Waals surface area (Å²) in [5.41, 5.74) is 2.98. The molecule has 1 amide bonds. The van der Waals surface area contributed by atoms with E-state index in [0.29, 0.717) is 22.4 Å². The Hall–Kier alpha value is -2.72. The summed E-state index contributed by atoms with van der Waals surface area (Å²) >= 11 is 3.40. The first-order chi connectivity index (χ1) is 12.1. The lowest BCUT2D eigenvalue weighted by Gasteiger charge is -2.12. The zero-order valence-electron chi connectivity index (χ0n) is 13.6. The van der Waals surface area contributed by atoms with Gasteiger partial charge in [-0.05, 0) is 36.8 Å². The number of nitrogens with one attached hydrogen (secondary N) is 1. The number of carbonyl (C=O) groups excluding carboxylic acids is 2. The number of ketones is 1. The number of hydrogen-bond acceptors (Lipinski definition) is 2. The predicted octanol–water partition coefficient (Wildman–Crippen LogP) is 5.24. The number of carbonyl (C=O) groups is 2. The highest BCUT2D eigenvalue weighted by atomic mass is 79.9. The van der Waals surface area contributed by atoms with E-state index in [4.69, 9.17) is 0 Å². The van der Waals surface area contributed by atoms with Gasteiger partial charge in [0.05, 0.1) is 5.69 Å². The van der Waals surface area contributed by atoms with E-state index in [1.54, 1.807) is 36.4 Å². The van der Waals surface area contributed by atoms with Crippen molar-refractivity contribution in [3.05, 3.63) is 99.5 Å². The van der Waals surface area contributed by atoms with Crippen LogP contribution in [0.1, 0.15) is 31.8 Å². The van der Waals surface area contributed by atoms with Crippen molar-refractivity contribution in [3.63, 3.8) is 0 Å². The summed E-state index contributed by atoms with van der Waals surface area (Å²) < 4.78 is 0.778. The SMILES string of the molecule is Cc1ccccc1C(=O)Nc1ccc(Br)cc1C(=O)c1ccccc1.